The summed E-state index contributed by atoms with van der Waals surface area (Å²) in [6.07, 6.45) is 0. The zero-order valence-electron chi connectivity index (χ0n) is 10.4. The minimum Gasteiger partial charge on any atom is -0.325 e. The fraction of sp³-hybridized carbons (Fsp3) is 0.0714. The number of rotatable bonds is 4. The summed E-state index contributed by atoms with van der Waals surface area (Å²) in [5.74, 6) is -1.76. The topological polar surface area (TPSA) is 63.2 Å². The maximum atomic E-state index is 12.7. The molecule has 0 atom stereocenters. The molecule has 0 aliphatic rings. The van der Waals surface area contributed by atoms with Gasteiger partial charge in [0.1, 0.15) is 11.6 Å². The first-order valence-corrected chi connectivity index (χ1v) is 7.46. The number of carbonyl (C=O) groups is 1. The molecular weight excluding hydrogens is 281 g/mol. The Bertz CT molecular complexity index is 697. The van der Waals surface area contributed by atoms with Crippen molar-refractivity contribution in [1.82, 2.24) is 0 Å². The standard InChI is InChI=1S/C14H12FNO3S/c15-11-6-8-12(9-7-11)16-14(17)10-20(18,19)13-4-2-1-3-5-13/h1-9H,10H2,(H,16,17). The van der Waals surface area contributed by atoms with Crippen LogP contribution in [0.1, 0.15) is 0 Å². The van der Waals surface area contributed by atoms with Gasteiger partial charge in [-0.3, -0.25) is 4.79 Å². The highest BCUT2D eigenvalue weighted by Crippen LogP contribution is 2.12. The molecule has 0 saturated carbocycles. The molecule has 0 radical (unpaired) electrons. The largest absolute Gasteiger partial charge is 0.325 e. The number of benzene rings is 2. The average Bonchev–Trinajstić information content (AvgIpc) is 2.42. The molecule has 0 saturated heterocycles. The zero-order valence-corrected chi connectivity index (χ0v) is 11.2. The van der Waals surface area contributed by atoms with Gasteiger partial charge in [-0.1, -0.05) is 18.2 Å². The summed E-state index contributed by atoms with van der Waals surface area (Å²) in [5.41, 5.74) is 0.347. The van der Waals surface area contributed by atoms with Crippen LogP contribution in [0, 0.1) is 5.82 Å². The molecule has 4 nitrogen and oxygen atoms in total. The van der Waals surface area contributed by atoms with E-state index in [4.69, 9.17) is 0 Å². The number of hydrogen-bond acceptors (Lipinski definition) is 3. The van der Waals surface area contributed by atoms with Crippen LogP contribution in [-0.4, -0.2) is 20.1 Å². The van der Waals surface area contributed by atoms with Crippen LogP contribution >= 0.6 is 0 Å². The lowest BCUT2D eigenvalue weighted by atomic mass is 10.3. The lowest BCUT2D eigenvalue weighted by molar-refractivity contribution is -0.113. The van der Waals surface area contributed by atoms with Gasteiger partial charge in [-0.25, -0.2) is 12.8 Å². The van der Waals surface area contributed by atoms with E-state index in [2.05, 4.69) is 5.32 Å². The molecule has 0 aliphatic heterocycles. The van der Waals surface area contributed by atoms with Crippen molar-refractivity contribution in [3.63, 3.8) is 0 Å². The fourth-order valence-corrected chi connectivity index (χ4v) is 2.77. The molecular formula is C14H12FNO3S. The molecule has 6 heteroatoms. The summed E-state index contributed by atoms with van der Waals surface area (Å²) < 4.78 is 36.6. The molecule has 2 rings (SSSR count). The monoisotopic (exact) mass is 293 g/mol. The van der Waals surface area contributed by atoms with Crippen molar-refractivity contribution in [3.8, 4) is 0 Å². The highest BCUT2D eigenvalue weighted by Gasteiger charge is 2.18. The zero-order chi connectivity index (χ0) is 14.6. The smallest absolute Gasteiger partial charge is 0.239 e. The predicted molar refractivity (Wildman–Crippen MR) is 73.5 cm³/mol. The summed E-state index contributed by atoms with van der Waals surface area (Å²) >= 11 is 0. The third-order valence-corrected chi connectivity index (χ3v) is 4.18. The molecule has 0 heterocycles. The molecule has 0 fully saturated rings. The van der Waals surface area contributed by atoms with Crippen LogP contribution in [0.2, 0.25) is 0 Å². The number of halogens is 1. The molecule has 0 unspecified atom stereocenters. The number of anilines is 1. The van der Waals surface area contributed by atoms with E-state index in [-0.39, 0.29) is 4.90 Å². The maximum absolute atomic E-state index is 12.7. The first-order chi connectivity index (χ1) is 9.47. The Labute approximate surface area is 116 Å². The second-order valence-electron chi connectivity index (χ2n) is 4.13. The lowest BCUT2D eigenvalue weighted by Gasteiger charge is -2.06. The minimum absolute atomic E-state index is 0.0919. The third kappa shape index (κ3) is 3.64. The van der Waals surface area contributed by atoms with Crippen LogP contribution in [0.15, 0.2) is 59.5 Å². The second-order valence-corrected chi connectivity index (χ2v) is 6.12. The number of amides is 1. The normalized spacial score (nSPS) is 11.1. The number of sulfone groups is 1. The quantitative estimate of drug-likeness (QED) is 0.940. The van der Waals surface area contributed by atoms with Gasteiger partial charge in [-0.15, -0.1) is 0 Å². The molecule has 104 valence electrons. The van der Waals surface area contributed by atoms with Gasteiger partial charge in [0.25, 0.3) is 0 Å². The molecule has 1 amide bonds. The highest BCUT2D eigenvalue weighted by atomic mass is 32.2. The Morgan fingerprint density at radius 2 is 1.60 bits per heavy atom. The van der Waals surface area contributed by atoms with Crippen LogP contribution in [0.25, 0.3) is 0 Å². The molecule has 0 aliphatic carbocycles. The van der Waals surface area contributed by atoms with E-state index in [9.17, 15) is 17.6 Å². The van der Waals surface area contributed by atoms with E-state index in [0.717, 1.165) is 0 Å². The number of nitrogens with one attached hydrogen (secondary N) is 1. The Morgan fingerprint density at radius 1 is 1.00 bits per heavy atom. The van der Waals surface area contributed by atoms with Gasteiger partial charge in [0.2, 0.25) is 5.91 Å². The molecule has 2 aromatic carbocycles. The summed E-state index contributed by atoms with van der Waals surface area (Å²) in [5, 5.41) is 2.41. The number of hydrogen-bond donors (Lipinski definition) is 1. The average molecular weight is 293 g/mol. The van der Waals surface area contributed by atoms with Crippen LogP contribution < -0.4 is 5.32 Å². The maximum Gasteiger partial charge on any atom is 0.239 e. The Hall–Kier alpha value is -2.21. The first-order valence-electron chi connectivity index (χ1n) is 5.80. The summed E-state index contributed by atoms with van der Waals surface area (Å²) in [4.78, 5) is 11.8. The van der Waals surface area contributed by atoms with Gasteiger partial charge in [0.05, 0.1) is 4.90 Å². The minimum atomic E-state index is -3.67. The molecule has 0 bridgehead atoms. The van der Waals surface area contributed by atoms with E-state index in [1.165, 1.54) is 36.4 Å². The molecule has 20 heavy (non-hydrogen) atoms. The van der Waals surface area contributed by atoms with Crippen LogP contribution in [0.3, 0.4) is 0 Å². The van der Waals surface area contributed by atoms with Crippen LogP contribution in [0.5, 0.6) is 0 Å². The second kappa shape index (κ2) is 5.83. The molecule has 2 aromatic rings. The van der Waals surface area contributed by atoms with Gasteiger partial charge < -0.3 is 5.32 Å². The van der Waals surface area contributed by atoms with Gasteiger partial charge in [-0.05, 0) is 36.4 Å². The van der Waals surface area contributed by atoms with Gasteiger partial charge in [0.15, 0.2) is 9.84 Å². The number of carbonyl (C=O) groups excluding carboxylic acids is 1. The van der Waals surface area contributed by atoms with Gasteiger partial charge >= 0.3 is 0 Å². The summed E-state index contributed by atoms with van der Waals surface area (Å²) in [6, 6.07) is 12.8. The first kappa shape index (κ1) is 14.2. The van der Waals surface area contributed by atoms with Crippen molar-refractivity contribution in [2.45, 2.75) is 4.90 Å². The van der Waals surface area contributed by atoms with Crippen LogP contribution in [-0.2, 0) is 14.6 Å². The van der Waals surface area contributed by atoms with Gasteiger partial charge in [0, 0.05) is 5.69 Å². The van der Waals surface area contributed by atoms with Crippen molar-refractivity contribution >= 4 is 21.4 Å². The van der Waals surface area contributed by atoms with E-state index < -0.39 is 27.3 Å². The van der Waals surface area contributed by atoms with Crippen molar-refractivity contribution in [1.29, 1.82) is 0 Å². The molecule has 0 spiro atoms. The van der Waals surface area contributed by atoms with Crippen molar-refractivity contribution in [3.05, 3.63) is 60.4 Å². The summed E-state index contributed by atoms with van der Waals surface area (Å²) in [7, 11) is -3.67. The van der Waals surface area contributed by atoms with E-state index in [0.29, 0.717) is 5.69 Å². The van der Waals surface area contributed by atoms with Crippen molar-refractivity contribution < 1.29 is 17.6 Å². The Morgan fingerprint density at radius 3 is 2.20 bits per heavy atom. The van der Waals surface area contributed by atoms with Crippen molar-refractivity contribution in [2.24, 2.45) is 0 Å². The van der Waals surface area contributed by atoms with E-state index in [1.54, 1.807) is 18.2 Å². The SMILES string of the molecule is O=C(CS(=O)(=O)c1ccccc1)Nc1ccc(F)cc1. The molecule has 1 N–H and O–H groups in total. The lowest BCUT2D eigenvalue weighted by Crippen LogP contribution is -2.22. The highest BCUT2D eigenvalue weighted by molar-refractivity contribution is 7.92. The fourth-order valence-electron chi connectivity index (χ4n) is 1.61. The van der Waals surface area contributed by atoms with E-state index in [1.807, 2.05) is 0 Å². The summed E-state index contributed by atoms with van der Waals surface area (Å²) in [6.45, 7) is 0. The predicted octanol–water partition coefficient (Wildman–Crippen LogP) is 2.24. The Kier molecular flexibility index (Phi) is 4.14. The van der Waals surface area contributed by atoms with Crippen LogP contribution in [0.4, 0.5) is 10.1 Å². The van der Waals surface area contributed by atoms with Crippen molar-refractivity contribution in [2.75, 3.05) is 11.1 Å². The van der Waals surface area contributed by atoms with E-state index >= 15 is 0 Å². The third-order valence-electron chi connectivity index (χ3n) is 2.55. The Balaban J connectivity index is 2.06. The van der Waals surface area contributed by atoms with Gasteiger partial charge in [-0.2, -0.15) is 0 Å². The molecule has 0 aromatic heterocycles.